The fourth-order valence-corrected chi connectivity index (χ4v) is 1.87. The van der Waals surface area contributed by atoms with Crippen molar-refractivity contribution in [1.82, 2.24) is 10.3 Å². The summed E-state index contributed by atoms with van der Waals surface area (Å²) in [7, 11) is 0. The minimum atomic E-state index is -0.0993. The van der Waals surface area contributed by atoms with E-state index in [1.54, 1.807) is 0 Å². The van der Waals surface area contributed by atoms with Crippen LogP contribution in [-0.2, 0) is 4.74 Å². The Kier molecular flexibility index (Phi) is 3.99. The molecule has 96 valence electrons. The Morgan fingerprint density at radius 2 is 2.22 bits per heavy atom. The molecule has 0 bridgehead atoms. The molecule has 1 atom stereocenters. The Morgan fingerprint density at radius 3 is 2.94 bits per heavy atom. The monoisotopic (exact) mass is 246 g/mol. The highest BCUT2D eigenvalue weighted by molar-refractivity contribution is 5.97. The van der Waals surface area contributed by atoms with Crippen LogP contribution in [0, 0.1) is 0 Å². The second kappa shape index (κ2) is 5.69. The number of hydrogen-bond donors (Lipinski definition) is 2. The molecule has 0 saturated heterocycles. The van der Waals surface area contributed by atoms with Gasteiger partial charge in [-0.2, -0.15) is 0 Å². The van der Waals surface area contributed by atoms with E-state index in [-0.39, 0.29) is 12.0 Å². The van der Waals surface area contributed by atoms with Gasteiger partial charge in [0.2, 0.25) is 0 Å². The summed E-state index contributed by atoms with van der Waals surface area (Å²) in [5, 5.41) is 3.89. The van der Waals surface area contributed by atoms with Gasteiger partial charge < -0.3 is 15.0 Å². The van der Waals surface area contributed by atoms with Gasteiger partial charge in [0.05, 0.1) is 6.10 Å². The zero-order valence-corrected chi connectivity index (χ0v) is 10.7. The number of benzene rings is 1. The normalized spacial score (nSPS) is 12.6. The van der Waals surface area contributed by atoms with Gasteiger partial charge in [0.15, 0.2) is 0 Å². The first kappa shape index (κ1) is 12.6. The zero-order valence-electron chi connectivity index (χ0n) is 10.7. The minimum Gasteiger partial charge on any atom is -0.377 e. The molecule has 18 heavy (non-hydrogen) atoms. The molecule has 1 aromatic heterocycles. The van der Waals surface area contributed by atoms with Crippen molar-refractivity contribution in [3.05, 3.63) is 36.0 Å². The van der Waals surface area contributed by atoms with Gasteiger partial charge in [-0.05, 0) is 26.0 Å². The Bertz CT molecular complexity index is 500. The van der Waals surface area contributed by atoms with Crippen molar-refractivity contribution in [2.45, 2.75) is 20.0 Å². The van der Waals surface area contributed by atoms with Crippen LogP contribution in [0.15, 0.2) is 30.3 Å². The molecule has 2 aromatic rings. The highest BCUT2D eigenvalue weighted by atomic mass is 16.5. The number of aromatic nitrogens is 1. The fraction of sp³-hybridized carbons (Fsp3) is 0.357. The van der Waals surface area contributed by atoms with Gasteiger partial charge in [-0.25, -0.2) is 0 Å². The van der Waals surface area contributed by atoms with Gasteiger partial charge >= 0.3 is 0 Å². The second-order valence-corrected chi connectivity index (χ2v) is 4.25. The Labute approximate surface area is 106 Å². The zero-order chi connectivity index (χ0) is 13.0. The maximum Gasteiger partial charge on any atom is 0.267 e. The average Bonchev–Trinajstić information content (AvgIpc) is 2.80. The Balaban J connectivity index is 2.00. The summed E-state index contributed by atoms with van der Waals surface area (Å²) in [5.41, 5.74) is 1.56. The summed E-state index contributed by atoms with van der Waals surface area (Å²) in [5.74, 6) is -0.0993. The SMILES string of the molecule is CCOC(C)CNC(=O)c1cc2ccccc2[nH]1. The van der Waals surface area contributed by atoms with Crippen LogP contribution in [0.25, 0.3) is 10.9 Å². The summed E-state index contributed by atoms with van der Waals surface area (Å²) in [6, 6.07) is 9.68. The number of carbonyl (C=O) groups is 1. The third kappa shape index (κ3) is 2.90. The fourth-order valence-electron chi connectivity index (χ4n) is 1.87. The summed E-state index contributed by atoms with van der Waals surface area (Å²) < 4.78 is 5.36. The number of para-hydroxylation sites is 1. The standard InChI is InChI=1S/C14H18N2O2/c1-3-18-10(2)9-15-14(17)13-8-11-6-4-5-7-12(11)16-13/h4-8,10,16H,3,9H2,1-2H3,(H,15,17). The Morgan fingerprint density at radius 1 is 1.44 bits per heavy atom. The van der Waals surface area contributed by atoms with E-state index in [9.17, 15) is 4.79 Å². The van der Waals surface area contributed by atoms with Crippen molar-refractivity contribution >= 4 is 16.8 Å². The molecular formula is C14H18N2O2. The lowest BCUT2D eigenvalue weighted by Gasteiger charge is -2.11. The molecule has 4 heteroatoms. The molecule has 0 aliphatic carbocycles. The van der Waals surface area contributed by atoms with Crippen LogP contribution < -0.4 is 5.32 Å². The third-order valence-corrected chi connectivity index (χ3v) is 2.78. The topological polar surface area (TPSA) is 54.1 Å². The quantitative estimate of drug-likeness (QED) is 0.850. The van der Waals surface area contributed by atoms with Crippen molar-refractivity contribution in [2.24, 2.45) is 0 Å². The van der Waals surface area contributed by atoms with E-state index in [2.05, 4.69) is 10.3 Å². The molecule has 4 nitrogen and oxygen atoms in total. The largest absolute Gasteiger partial charge is 0.377 e. The van der Waals surface area contributed by atoms with Crippen LogP contribution in [-0.4, -0.2) is 30.1 Å². The molecule has 0 fully saturated rings. The van der Waals surface area contributed by atoms with E-state index in [4.69, 9.17) is 4.74 Å². The van der Waals surface area contributed by atoms with Crippen LogP contribution in [0.2, 0.25) is 0 Å². The summed E-state index contributed by atoms with van der Waals surface area (Å²) in [6.07, 6.45) is 0.0309. The van der Waals surface area contributed by atoms with Crippen molar-refractivity contribution < 1.29 is 9.53 Å². The molecule has 1 heterocycles. The van der Waals surface area contributed by atoms with E-state index in [0.29, 0.717) is 18.8 Å². The minimum absolute atomic E-state index is 0.0309. The number of H-pyrrole nitrogens is 1. The van der Waals surface area contributed by atoms with Crippen LogP contribution in [0.4, 0.5) is 0 Å². The second-order valence-electron chi connectivity index (χ2n) is 4.25. The molecule has 0 aliphatic heterocycles. The van der Waals surface area contributed by atoms with E-state index in [1.165, 1.54) is 0 Å². The number of ether oxygens (including phenoxy) is 1. The lowest BCUT2D eigenvalue weighted by Crippen LogP contribution is -2.32. The van der Waals surface area contributed by atoms with Gasteiger partial charge in [-0.1, -0.05) is 18.2 Å². The third-order valence-electron chi connectivity index (χ3n) is 2.78. The summed E-state index contributed by atoms with van der Waals surface area (Å²) >= 11 is 0. The molecule has 1 amide bonds. The van der Waals surface area contributed by atoms with Gasteiger partial charge in [0.1, 0.15) is 5.69 Å². The molecule has 2 rings (SSSR count). The first-order valence-electron chi connectivity index (χ1n) is 6.18. The molecule has 1 unspecified atom stereocenters. The highest BCUT2D eigenvalue weighted by Gasteiger charge is 2.10. The van der Waals surface area contributed by atoms with Crippen molar-refractivity contribution in [3.8, 4) is 0 Å². The average molecular weight is 246 g/mol. The summed E-state index contributed by atoms with van der Waals surface area (Å²) in [6.45, 7) is 5.05. The van der Waals surface area contributed by atoms with Gasteiger partial charge in [-0.15, -0.1) is 0 Å². The van der Waals surface area contributed by atoms with Crippen molar-refractivity contribution in [3.63, 3.8) is 0 Å². The smallest absolute Gasteiger partial charge is 0.267 e. The number of fused-ring (bicyclic) bond motifs is 1. The summed E-state index contributed by atoms with van der Waals surface area (Å²) in [4.78, 5) is 15.0. The molecule has 0 saturated carbocycles. The van der Waals surface area contributed by atoms with Crippen LogP contribution in [0.5, 0.6) is 0 Å². The number of rotatable bonds is 5. The highest BCUT2D eigenvalue weighted by Crippen LogP contribution is 2.14. The van der Waals surface area contributed by atoms with E-state index < -0.39 is 0 Å². The number of hydrogen-bond acceptors (Lipinski definition) is 2. The van der Waals surface area contributed by atoms with Gasteiger partial charge in [0, 0.05) is 24.1 Å². The van der Waals surface area contributed by atoms with E-state index in [0.717, 1.165) is 10.9 Å². The first-order valence-corrected chi connectivity index (χ1v) is 6.18. The maximum absolute atomic E-state index is 11.9. The molecule has 0 aliphatic rings. The number of aromatic amines is 1. The lowest BCUT2D eigenvalue weighted by atomic mass is 10.2. The van der Waals surface area contributed by atoms with Crippen LogP contribution in [0.1, 0.15) is 24.3 Å². The number of carbonyl (C=O) groups excluding carboxylic acids is 1. The van der Waals surface area contributed by atoms with E-state index in [1.807, 2.05) is 44.2 Å². The van der Waals surface area contributed by atoms with Gasteiger partial charge in [0.25, 0.3) is 5.91 Å². The number of amides is 1. The van der Waals surface area contributed by atoms with Crippen LogP contribution in [0.3, 0.4) is 0 Å². The molecule has 0 spiro atoms. The molecular weight excluding hydrogens is 228 g/mol. The number of nitrogens with one attached hydrogen (secondary N) is 2. The Hall–Kier alpha value is -1.81. The van der Waals surface area contributed by atoms with Crippen molar-refractivity contribution in [1.29, 1.82) is 0 Å². The maximum atomic E-state index is 11.9. The first-order chi connectivity index (χ1) is 8.70. The van der Waals surface area contributed by atoms with Crippen LogP contribution >= 0.6 is 0 Å². The lowest BCUT2D eigenvalue weighted by molar-refractivity contribution is 0.0693. The van der Waals surface area contributed by atoms with Crippen molar-refractivity contribution in [2.75, 3.05) is 13.2 Å². The molecule has 2 N–H and O–H groups in total. The van der Waals surface area contributed by atoms with E-state index >= 15 is 0 Å². The van der Waals surface area contributed by atoms with Gasteiger partial charge in [-0.3, -0.25) is 4.79 Å². The molecule has 1 aromatic carbocycles. The predicted octanol–water partition coefficient (Wildman–Crippen LogP) is 2.32. The predicted molar refractivity (Wildman–Crippen MR) is 71.7 cm³/mol. The molecule has 0 radical (unpaired) electrons.